The number of hydrogen-bond acceptors (Lipinski definition) is 5. The molecule has 0 aliphatic heterocycles. The summed E-state index contributed by atoms with van der Waals surface area (Å²) in [5.74, 6) is -1.06. The van der Waals surface area contributed by atoms with Crippen molar-refractivity contribution in [2.45, 2.75) is 26.2 Å². The van der Waals surface area contributed by atoms with Crippen molar-refractivity contribution in [3.63, 3.8) is 0 Å². The number of hydrogen-bond donors (Lipinski definition) is 1. The maximum absolute atomic E-state index is 12.5. The van der Waals surface area contributed by atoms with Crippen molar-refractivity contribution in [2.24, 2.45) is 0 Å². The lowest BCUT2D eigenvalue weighted by molar-refractivity contribution is -0.143. The summed E-state index contributed by atoms with van der Waals surface area (Å²) in [7, 11) is 0. The normalized spacial score (nSPS) is 10.6. The number of Topliss-reactive ketones (excluding diaryl/α,β-unsaturated/α-hetero) is 1. The van der Waals surface area contributed by atoms with Gasteiger partial charge in [-0.05, 0) is 45.6 Å². The quantitative estimate of drug-likeness (QED) is 0.357. The van der Waals surface area contributed by atoms with Gasteiger partial charge in [0, 0.05) is 18.5 Å². The highest BCUT2D eigenvalue weighted by atomic mass is 79.9. The number of aromatic hydroxyl groups is 1. The van der Waals surface area contributed by atoms with Crippen molar-refractivity contribution in [3.8, 4) is 16.9 Å². The van der Waals surface area contributed by atoms with Crippen molar-refractivity contribution < 1.29 is 19.4 Å². The summed E-state index contributed by atoms with van der Waals surface area (Å²) >= 11 is 3.30. The summed E-state index contributed by atoms with van der Waals surface area (Å²) < 4.78 is 5.24. The lowest BCUT2D eigenvalue weighted by atomic mass is 10.0. The first-order chi connectivity index (χ1) is 14.5. The summed E-state index contributed by atoms with van der Waals surface area (Å²) in [4.78, 5) is 28.4. The van der Waals surface area contributed by atoms with Gasteiger partial charge >= 0.3 is 5.97 Å². The molecule has 1 aromatic heterocycles. The van der Waals surface area contributed by atoms with Gasteiger partial charge in [0.1, 0.15) is 5.69 Å². The predicted molar refractivity (Wildman–Crippen MR) is 118 cm³/mol. The Kier molecular flexibility index (Phi) is 7.36. The van der Waals surface area contributed by atoms with E-state index in [1.54, 1.807) is 13.0 Å². The van der Waals surface area contributed by atoms with Crippen molar-refractivity contribution in [1.82, 2.24) is 4.98 Å². The number of carbonyl (C=O) groups excluding carboxylic acids is 2. The topological polar surface area (TPSA) is 76.5 Å². The van der Waals surface area contributed by atoms with Gasteiger partial charge in [0.25, 0.3) is 0 Å². The van der Waals surface area contributed by atoms with Crippen LogP contribution in [0.1, 0.15) is 41.5 Å². The van der Waals surface area contributed by atoms with Crippen LogP contribution in [-0.2, 0) is 16.0 Å². The van der Waals surface area contributed by atoms with Crippen LogP contribution in [0, 0.1) is 0 Å². The molecule has 30 heavy (non-hydrogen) atoms. The lowest BCUT2D eigenvalue weighted by Gasteiger charge is -2.10. The zero-order valence-electron chi connectivity index (χ0n) is 16.6. The monoisotopic (exact) mass is 467 g/mol. The van der Waals surface area contributed by atoms with Crippen LogP contribution in [0.4, 0.5) is 0 Å². The van der Waals surface area contributed by atoms with Gasteiger partial charge < -0.3 is 9.84 Å². The number of nitrogens with zero attached hydrogens (tertiary/aromatic N) is 1. The SMILES string of the molecule is CCOC(=O)CCC(=O)c1nc(Cc2cccc(-c3ccccc3)c2)cc(Br)c1O. The largest absolute Gasteiger partial charge is 0.504 e. The van der Waals surface area contributed by atoms with Crippen molar-refractivity contribution in [3.05, 3.63) is 82.1 Å². The average molecular weight is 468 g/mol. The molecule has 0 fully saturated rings. The second kappa shape index (κ2) is 10.2. The third-order valence-electron chi connectivity index (χ3n) is 4.54. The first-order valence-corrected chi connectivity index (χ1v) is 10.5. The van der Waals surface area contributed by atoms with Crippen LogP contribution in [0.15, 0.2) is 65.1 Å². The molecule has 0 aliphatic rings. The molecule has 1 N–H and O–H groups in total. The second-order valence-corrected chi connectivity index (χ2v) is 7.62. The molecule has 0 aliphatic carbocycles. The maximum atomic E-state index is 12.5. The van der Waals surface area contributed by atoms with Gasteiger partial charge in [-0.25, -0.2) is 4.98 Å². The van der Waals surface area contributed by atoms with Crippen LogP contribution in [0.25, 0.3) is 11.1 Å². The van der Waals surface area contributed by atoms with Crippen molar-refractivity contribution in [1.29, 1.82) is 0 Å². The maximum Gasteiger partial charge on any atom is 0.306 e. The molecule has 3 rings (SSSR count). The molecule has 0 unspecified atom stereocenters. The molecule has 5 nitrogen and oxygen atoms in total. The van der Waals surface area contributed by atoms with Gasteiger partial charge in [0.2, 0.25) is 0 Å². The minimum atomic E-state index is -0.446. The molecule has 0 saturated heterocycles. The van der Waals surface area contributed by atoms with E-state index in [2.05, 4.69) is 39.1 Å². The number of carbonyl (C=O) groups is 2. The van der Waals surface area contributed by atoms with Crippen LogP contribution in [-0.4, -0.2) is 28.4 Å². The molecule has 0 atom stereocenters. The second-order valence-electron chi connectivity index (χ2n) is 6.76. The van der Waals surface area contributed by atoms with E-state index < -0.39 is 11.8 Å². The van der Waals surface area contributed by atoms with Gasteiger partial charge in [-0.1, -0.05) is 54.6 Å². The fourth-order valence-electron chi connectivity index (χ4n) is 3.11. The number of ether oxygens (including phenoxy) is 1. The lowest BCUT2D eigenvalue weighted by Crippen LogP contribution is -2.10. The molecule has 1 heterocycles. The van der Waals surface area contributed by atoms with E-state index in [0.717, 1.165) is 16.7 Å². The summed E-state index contributed by atoms with van der Waals surface area (Å²) in [5.41, 5.74) is 3.85. The highest BCUT2D eigenvalue weighted by molar-refractivity contribution is 9.10. The van der Waals surface area contributed by atoms with E-state index in [-0.39, 0.29) is 30.9 Å². The highest BCUT2D eigenvalue weighted by Crippen LogP contribution is 2.30. The predicted octanol–water partition coefficient (Wildman–Crippen LogP) is 5.33. The first kappa shape index (κ1) is 21.7. The number of halogens is 1. The fraction of sp³-hybridized carbons (Fsp3) is 0.208. The molecule has 3 aromatic rings. The minimum absolute atomic E-state index is 0.0390. The van der Waals surface area contributed by atoms with E-state index in [0.29, 0.717) is 16.6 Å². The molecular weight excluding hydrogens is 446 g/mol. The number of aromatic nitrogens is 1. The molecule has 0 radical (unpaired) electrons. The minimum Gasteiger partial charge on any atom is -0.504 e. The summed E-state index contributed by atoms with van der Waals surface area (Å²) in [5, 5.41) is 10.3. The Hall–Kier alpha value is -2.99. The average Bonchev–Trinajstić information content (AvgIpc) is 2.75. The summed E-state index contributed by atoms with van der Waals surface area (Å²) in [6, 6.07) is 19.9. The Morgan fingerprint density at radius 1 is 1.00 bits per heavy atom. The van der Waals surface area contributed by atoms with Crippen LogP contribution in [0.5, 0.6) is 5.75 Å². The van der Waals surface area contributed by atoms with E-state index in [9.17, 15) is 14.7 Å². The number of pyridine rings is 1. The van der Waals surface area contributed by atoms with Crippen LogP contribution < -0.4 is 0 Å². The Balaban J connectivity index is 1.80. The summed E-state index contributed by atoms with van der Waals surface area (Å²) in [6.07, 6.45) is 0.380. The van der Waals surface area contributed by atoms with Gasteiger partial charge in [-0.2, -0.15) is 0 Å². The standard InChI is InChI=1S/C24H22BrNO4/c1-2-30-22(28)12-11-21(27)23-24(29)20(25)15-19(26-23)14-16-7-6-10-18(13-16)17-8-4-3-5-9-17/h3-10,13,15,29H,2,11-12,14H2,1H3. The van der Waals surface area contributed by atoms with Crippen LogP contribution in [0.2, 0.25) is 0 Å². The Morgan fingerprint density at radius 3 is 2.47 bits per heavy atom. The van der Waals surface area contributed by atoms with E-state index in [1.807, 2.05) is 36.4 Å². The number of benzene rings is 2. The smallest absolute Gasteiger partial charge is 0.306 e. The van der Waals surface area contributed by atoms with Crippen molar-refractivity contribution in [2.75, 3.05) is 6.61 Å². The van der Waals surface area contributed by atoms with Crippen LogP contribution in [0.3, 0.4) is 0 Å². The molecule has 0 bridgehead atoms. The zero-order valence-corrected chi connectivity index (χ0v) is 18.2. The Morgan fingerprint density at radius 2 is 1.73 bits per heavy atom. The molecule has 154 valence electrons. The van der Waals surface area contributed by atoms with Gasteiger partial charge in [0.05, 0.1) is 17.5 Å². The first-order valence-electron chi connectivity index (χ1n) is 9.69. The third-order valence-corrected chi connectivity index (χ3v) is 5.15. The van der Waals surface area contributed by atoms with E-state index in [1.165, 1.54) is 0 Å². The molecule has 0 saturated carbocycles. The zero-order chi connectivity index (χ0) is 21.5. The third kappa shape index (κ3) is 5.54. The van der Waals surface area contributed by atoms with Gasteiger partial charge in [-0.15, -0.1) is 0 Å². The Labute approximate surface area is 183 Å². The van der Waals surface area contributed by atoms with E-state index >= 15 is 0 Å². The Bertz CT molecular complexity index is 1050. The molecule has 0 spiro atoms. The van der Waals surface area contributed by atoms with Crippen LogP contribution >= 0.6 is 15.9 Å². The number of ketones is 1. The highest BCUT2D eigenvalue weighted by Gasteiger charge is 2.19. The molecule has 2 aromatic carbocycles. The van der Waals surface area contributed by atoms with Crippen molar-refractivity contribution >= 4 is 27.7 Å². The van der Waals surface area contributed by atoms with E-state index in [4.69, 9.17) is 4.74 Å². The fourth-order valence-corrected chi connectivity index (χ4v) is 3.56. The van der Waals surface area contributed by atoms with Gasteiger partial charge in [0.15, 0.2) is 11.5 Å². The molecule has 6 heteroatoms. The van der Waals surface area contributed by atoms with Gasteiger partial charge in [-0.3, -0.25) is 9.59 Å². The molecule has 0 amide bonds. The summed E-state index contributed by atoms with van der Waals surface area (Å²) in [6.45, 7) is 1.97. The number of rotatable bonds is 8. The number of esters is 1. The molecular formula is C24H22BrNO4.